The van der Waals surface area contributed by atoms with Crippen molar-refractivity contribution in [2.45, 2.75) is 13.3 Å². The summed E-state index contributed by atoms with van der Waals surface area (Å²) in [6.45, 7) is 2.90. The molecule has 0 aliphatic carbocycles. The first kappa shape index (κ1) is 15.8. The highest BCUT2D eigenvalue weighted by Gasteiger charge is 2.35. The van der Waals surface area contributed by atoms with Gasteiger partial charge in [0.15, 0.2) is 6.61 Å². The Kier molecular flexibility index (Phi) is 4.99. The minimum Gasteiger partial charge on any atom is -0.479 e. The van der Waals surface area contributed by atoms with Crippen molar-refractivity contribution < 1.29 is 14.3 Å². The molecule has 0 saturated carbocycles. The lowest BCUT2D eigenvalue weighted by atomic mass is 9.98. The third-order valence-corrected chi connectivity index (χ3v) is 3.91. The number of amides is 2. The van der Waals surface area contributed by atoms with Gasteiger partial charge in [-0.25, -0.2) is 0 Å². The molecule has 6 heteroatoms. The number of nitriles is 1. The van der Waals surface area contributed by atoms with E-state index in [4.69, 9.17) is 15.7 Å². The molecule has 2 amide bonds. The Morgan fingerprint density at radius 1 is 1.36 bits per heavy atom. The van der Waals surface area contributed by atoms with E-state index in [1.165, 1.54) is 0 Å². The van der Waals surface area contributed by atoms with Gasteiger partial charge in [0.2, 0.25) is 11.8 Å². The van der Waals surface area contributed by atoms with Gasteiger partial charge >= 0.3 is 0 Å². The second kappa shape index (κ2) is 6.94. The van der Waals surface area contributed by atoms with E-state index in [1.807, 2.05) is 13.0 Å². The normalized spacial score (nSPS) is 20.5. The molecule has 0 aromatic heterocycles. The Morgan fingerprint density at radius 2 is 2.05 bits per heavy atom. The maximum atomic E-state index is 12.3. The first-order chi connectivity index (χ1) is 10.5. The molecule has 2 N–H and O–H groups in total. The molecule has 0 radical (unpaired) electrons. The molecule has 0 spiro atoms. The predicted octanol–water partition coefficient (Wildman–Crippen LogP) is 0.711. The minimum absolute atomic E-state index is 0.00154. The zero-order valence-corrected chi connectivity index (χ0v) is 12.5. The van der Waals surface area contributed by atoms with Crippen LogP contribution in [0.3, 0.4) is 0 Å². The third kappa shape index (κ3) is 3.76. The van der Waals surface area contributed by atoms with Gasteiger partial charge in [0.1, 0.15) is 11.8 Å². The molecule has 1 aromatic rings. The van der Waals surface area contributed by atoms with Crippen LogP contribution < -0.4 is 10.5 Å². The number of rotatable bonds is 5. The monoisotopic (exact) mass is 301 g/mol. The highest BCUT2D eigenvalue weighted by atomic mass is 16.5. The quantitative estimate of drug-likeness (QED) is 0.866. The van der Waals surface area contributed by atoms with Crippen molar-refractivity contribution >= 4 is 11.8 Å². The molecule has 6 nitrogen and oxygen atoms in total. The SMILES string of the molecule is C[C@@H]1CN(C(=O)Cc2ccc(OCC#N)cc2)C[C@H]1C(N)=O. The number of hydrogen-bond donors (Lipinski definition) is 1. The largest absolute Gasteiger partial charge is 0.479 e. The maximum absolute atomic E-state index is 12.3. The molecular weight excluding hydrogens is 282 g/mol. The van der Waals surface area contributed by atoms with Crippen molar-refractivity contribution in [1.29, 1.82) is 5.26 Å². The first-order valence-electron chi connectivity index (χ1n) is 7.17. The Hall–Kier alpha value is -2.55. The van der Waals surface area contributed by atoms with Crippen LogP contribution in [0.4, 0.5) is 0 Å². The van der Waals surface area contributed by atoms with Gasteiger partial charge in [0.25, 0.3) is 0 Å². The molecule has 0 bridgehead atoms. The molecule has 22 heavy (non-hydrogen) atoms. The van der Waals surface area contributed by atoms with Gasteiger partial charge in [-0.1, -0.05) is 19.1 Å². The summed E-state index contributed by atoms with van der Waals surface area (Å²) in [5, 5.41) is 8.45. The number of nitrogens with two attached hydrogens (primary N) is 1. The minimum atomic E-state index is -0.346. The molecule has 1 heterocycles. The molecular formula is C16H19N3O3. The number of carbonyl (C=O) groups excluding carboxylic acids is 2. The topological polar surface area (TPSA) is 96.4 Å². The highest BCUT2D eigenvalue weighted by Crippen LogP contribution is 2.23. The molecule has 1 saturated heterocycles. The molecule has 2 atom stereocenters. The van der Waals surface area contributed by atoms with Crippen LogP contribution in [-0.2, 0) is 16.0 Å². The van der Waals surface area contributed by atoms with Gasteiger partial charge in [-0.3, -0.25) is 9.59 Å². The summed E-state index contributed by atoms with van der Waals surface area (Å²) < 4.78 is 5.16. The van der Waals surface area contributed by atoms with Gasteiger partial charge in [0.05, 0.1) is 12.3 Å². The number of hydrogen-bond acceptors (Lipinski definition) is 4. The zero-order valence-electron chi connectivity index (χ0n) is 12.5. The number of carbonyl (C=O) groups is 2. The van der Waals surface area contributed by atoms with E-state index in [0.29, 0.717) is 18.8 Å². The maximum Gasteiger partial charge on any atom is 0.227 e. The van der Waals surface area contributed by atoms with Gasteiger partial charge in [0, 0.05) is 13.1 Å². The van der Waals surface area contributed by atoms with Gasteiger partial charge in [-0.15, -0.1) is 0 Å². The number of benzene rings is 1. The summed E-state index contributed by atoms with van der Waals surface area (Å²) in [4.78, 5) is 25.3. The average molecular weight is 301 g/mol. The molecule has 1 aromatic carbocycles. The molecule has 1 aliphatic heterocycles. The van der Waals surface area contributed by atoms with E-state index >= 15 is 0 Å². The summed E-state index contributed by atoms with van der Waals surface area (Å²) in [6, 6.07) is 8.97. The average Bonchev–Trinajstić information content (AvgIpc) is 2.89. The number of ether oxygens (including phenoxy) is 1. The zero-order chi connectivity index (χ0) is 16.1. The third-order valence-electron chi connectivity index (χ3n) is 3.91. The van der Waals surface area contributed by atoms with Crippen LogP contribution in [0.25, 0.3) is 0 Å². The van der Waals surface area contributed by atoms with Crippen LogP contribution in [-0.4, -0.2) is 36.4 Å². The van der Waals surface area contributed by atoms with Crippen molar-refractivity contribution in [1.82, 2.24) is 4.90 Å². The van der Waals surface area contributed by atoms with Crippen LogP contribution >= 0.6 is 0 Å². The van der Waals surface area contributed by atoms with E-state index in [9.17, 15) is 9.59 Å². The van der Waals surface area contributed by atoms with Gasteiger partial charge in [-0.2, -0.15) is 5.26 Å². The van der Waals surface area contributed by atoms with Crippen molar-refractivity contribution in [3.8, 4) is 11.8 Å². The van der Waals surface area contributed by atoms with Gasteiger partial charge in [-0.05, 0) is 23.6 Å². The Bertz CT molecular complexity index is 592. The fourth-order valence-electron chi connectivity index (χ4n) is 2.65. The summed E-state index contributed by atoms with van der Waals surface area (Å²) >= 11 is 0. The van der Waals surface area contributed by atoms with E-state index in [-0.39, 0.29) is 36.7 Å². The fraction of sp³-hybridized carbons (Fsp3) is 0.438. The van der Waals surface area contributed by atoms with Crippen molar-refractivity contribution in [3.63, 3.8) is 0 Å². The van der Waals surface area contributed by atoms with Crippen molar-refractivity contribution in [3.05, 3.63) is 29.8 Å². The predicted molar refractivity (Wildman–Crippen MR) is 79.7 cm³/mol. The Balaban J connectivity index is 1.92. The second-order valence-electron chi connectivity index (χ2n) is 5.55. The summed E-state index contributed by atoms with van der Waals surface area (Å²) in [7, 11) is 0. The van der Waals surface area contributed by atoms with Crippen LogP contribution in [0.2, 0.25) is 0 Å². The molecule has 2 rings (SSSR count). The van der Waals surface area contributed by atoms with E-state index in [0.717, 1.165) is 5.56 Å². The lowest BCUT2D eigenvalue weighted by Crippen LogP contribution is -2.32. The van der Waals surface area contributed by atoms with Crippen LogP contribution in [0.15, 0.2) is 24.3 Å². The summed E-state index contributed by atoms with van der Waals surface area (Å²) in [6.07, 6.45) is 0.275. The smallest absolute Gasteiger partial charge is 0.227 e. The summed E-state index contributed by atoms with van der Waals surface area (Å²) in [5.74, 6) is 0.0818. The number of likely N-dealkylation sites (tertiary alicyclic amines) is 1. The summed E-state index contributed by atoms with van der Waals surface area (Å²) in [5.41, 5.74) is 6.21. The van der Waals surface area contributed by atoms with Crippen molar-refractivity contribution in [2.24, 2.45) is 17.6 Å². The number of nitrogens with zero attached hydrogens (tertiary/aromatic N) is 2. The van der Waals surface area contributed by atoms with Crippen molar-refractivity contribution in [2.75, 3.05) is 19.7 Å². The molecule has 0 unspecified atom stereocenters. The fourth-order valence-corrected chi connectivity index (χ4v) is 2.65. The van der Waals surface area contributed by atoms with Crippen LogP contribution in [0.1, 0.15) is 12.5 Å². The first-order valence-corrected chi connectivity index (χ1v) is 7.17. The standard InChI is InChI=1S/C16H19N3O3/c1-11-9-19(10-14(11)16(18)21)15(20)8-12-2-4-13(5-3-12)22-7-6-17/h2-5,11,14H,7-10H2,1H3,(H2,18,21)/t11-,14-/m1/s1. The highest BCUT2D eigenvalue weighted by molar-refractivity contribution is 5.82. The van der Waals surface area contributed by atoms with E-state index < -0.39 is 0 Å². The Labute approximate surface area is 129 Å². The molecule has 1 fully saturated rings. The lowest BCUT2D eigenvalue weighted by Gasteiger charge is -2.16. The number of primary amides is 1. The van der Waals surface area contributed by atoms with Crippen LogP contribution in [0.5, 0.6) is 5.75 Å². The van der Waals surface area contributed by atoms with Crippen LogP contribution in [0, 0.1) is 23.2 Å². The molecule has 116 valence electrons. The van der Waals surface area contributed by atoms with E-state index in [1.54, 1.807) is 29.2 Å². The second-order valence-corrected chi connectivity index (χ2v) is 5.55. The lowest BCUT2D eigenvalue weighted by molar-refractivity contribution is -0.129. The van der Waals surface area contributed by atoms with Gasteiger partial charge < -0.3 is 15.4 Å². The van der Waals surface area contributed by atoms with E-state index in [2.05, 4.69) is 0 Å². The Morgan fingerprint density at radius 3 is 2.59 bits per heavy atom. The molecule has 1 aliphatic rings.